The third kappa shape index (κ3) is 4.84. The van der Waals surface area contributed by atoms with Gasteiger partial charge in [-0.1, -0.05) is 33.8 Å². The molecule has 0 radical (unpaired) electrons. The molecule has 0 aromatic heterocycles. The third-order valence-electron chi connectivity index (χ3n) is 3.27. The molecular weight excluding hydrogens is 306 g/mol. The average molecular weight is 330 g/mol. The van der Waals surface area contributed by atoms with Crippen molar-refractivity contribution in [2.24, 2.45) is 5.92 Å². The molecule has 0 unspecified atom stereocenters. The minimum atomic E-state index is -3.25. The molecule has 0 saturated carbocycles. The van der Waals surface area contributed by atoms with Crippen molar-refractivity contribution >= 4 is 13.3 Å². The fourth-order valence-electron chi connectivity index (χ4n) is 1.86. The van der Waals surface area contributed by atoms with Crippen molar-refractivity contribution in [2.75, 3.05) is 12.8 Å². The minimum Gasteiger partial charge on any atom is -0.466 e. The second-order valence-corrected chi connectivity index (χ2v) is 9.46. The van der Waals surface area contributed by atoms with Crippen molar-refractivity contribution in [3.05, 3.63) is 30.1 Å². The van der Waals surface area contributed by atoms with Gasteiger partial charge in [0.05, 0.1) is 12.5 Å². The topological polar surface area (TPSA) is 52.6 Å². The van der Waals surface area contributed by atoms with Crippen LogP contribution in [-0.4, -0.2) is 23.9 Å². The number of halogens is 1. The van der Waals surface area contributed by atoms with Crippen LogP contribution in [0.25, 0.3) is 0 Å². The lowest BCUT2D eigenvalue weighted by molar-refractivity contribution is -0.146. The Bertz CT molecular complexity index is 566. The molecule has 1 aromatic rings. The largest absolute Gasteiger partial charge is 0.466 e. The van der Waals surface area contributed by atoms with Crippen molar-refractivity contribution in [2.45, 2.75) is 39.8 Å². The minimum absolute atomic E-state index is 0.0475. The van der Waals surface area contributed by atoms with Crippen LogP contribution in [0.2, 0.25) is 0 Å². The first-order valence-electron chi connectivity index (χ1n) is 7.30. The number of rotatable bonds is 6. The van der Waals surface area contributed by atoms with Crippen LogP contribution in [0, 0.1) is 11.7 Å². The number of hydrogen-bond acceptors (Lipinski definition) is 4. The van der Waals surface area contributed by atoms with Gasteiger partial charge in [0.15, 0.2) is 0 Å². The van der Waals surface area contributed by atoms with Crippen molar-refractivity contribution in [1.29, 1.82) is 0 Å². The highest BCUT2D eigenvalue weighted by Gasteiger charge is 2.42. The summed E-state index contributed by atoms with van der Waals surface area (Å²) in [5.41, 5.74) is 0. The molecule has 1 aromatic carbocycles. The van der Waals surface area contributed by atoms with Crippen LogP contribution in [0.5, 0.6) is 5.75 Å². The molecule has 2 atom stereocenters. The summed E-state index contributed by atoms with van der Waals surface area (Å²) in [5.74, 6) is -1.22. The lowest BCUT2D eigenvalue weighted by Crippen LogP contribution is -2.27. The Morgan fingerprint density at radius 1 is 1.36 bits per heavy atom. The fourth-order valence-corrected chi connectivity index (χ4v) is 4.08. The molecule has 0 aliphatic rings. The van der Waals surface area contributed by atoms with Gasteiger partial charge in [0.1, 0.15) is 11.6 Å². The van der Waals surface area contributed by atoms with Crippen LogP contribution in [0.4, 0.5) is 4.39 Å². The molecule has 0 amide bonds. The Kier molecular flexibility index (Phi) is 6.18. The molecular formula is C16H24FO4P. The van der Waals surface area contributed by atoms with Crippen molar-refractivity contribution in [3.8, 4) is 5.75 Å². The van der Waals surface area contributed by atoms with Crippen LogP contribution >= 0.6 is 7.37 Å². The van der Waals surface area contributed by atoms with E-state index in [1.807, 2.05) is 0 Å². The smallest absolute Gasteiger partial charge is 0.309 e. The molecule has 0 fully saturated rings. The molecule has 0 N–H and O–H groups in total. The number of hydrogen-bond donors (Lipinski definition) is 0. The maximum absolute atomic E-state index is 13.3. The van der Waals surface area contributed by atoms with Gasteiger partial charge >= 0.3 is 5.97 Å². The Morgan fingerprint density at radius 2 is 2.00 bits per heavy atom. The van der Waals surface area contributed by atoms with Gasteiger partial charge in [-0.05, 0) is 19.1 Å². The Labute approximate surface area is 131 Å². The van der Waals surface area contributed by atoms with Crippen molar-refractivity contribution in [3.63, 3.8) is 0 Å². The van der Waals surface area contributed by atoms with Gasteiger partial charge in [-0.2, -0.15) is 0 Å². The summed E-state index contributed by atoms with van der Waals surface area (Å²) in [4.78, 5) is 11.8. The summed E-state index contributed by atoms with van der Waals surface area (Å²) < 4.78 is 37.2. The highest BCUT2D eigenvalue weighted by molar-refractivity contribution is 7.61. The molecule has 22 heavy (non-hydrogen) atoms. The summed E-state index contributed by atoms with van der Waals surface area (Å²) in [5, 5.41) is -0.680. The first-order valence-corrected chi connectivity index (χ1v) is 9.11. The van der Waals surface area contributed by atoms with Gasteiger partial charge in [-0.25, -0.2) is 4.39 Å². The lowest BCUT2D eigenvalue weighted by Gasteiger charge is -2.32. The molecule has 0 aliphatic heterocycles. The van der Waals surface area contributed by atoms with Crippen LogP contribution in [0.1, 0.15) is 34.6 Å². The van der Waals surface area contributed by atoms with E-state index in [0.29, 0.717) is 0 Å². The Hall–Kier alpha value is -1.35. The fraction of sp³-hybridized carbons (Fsp3) is 0.562. The molecule has 1 rings (SSSR count). The van der Waals surface area contributed by atoms with Crippen molar-refractivity contribution in [1.82, 2.24) is 0 Å². The van der Waals surface area contributed by atoms with Gasteiger partial charge in [-0.15, -0.1) is 0 Å². The van der Waals surface area contributed by atoms with E-state index in [9.17, 15) is 13.8 Å². The molecule has 4 nitrogen and oxygen atoms in total. The van der Waals surface area contributed by atoms with Crippen LogP contribution < -0.4 is 4.52 Å². The zero-order valence-electron chi connectivity index (χ0n) is 13.8. The normalized spacial score (nSPS) is 15.7. The maximum Gasteiger partial charge on any atom is 0.309 e. The van der Waals surface area contributed by atoms with Gasteiger partial charge in [0.25, 0.3) is 7.37 Å². The quantitative estimate of drug-likeness (QED) is 0.570. The number of esters is 1. The summed E-state index contributed by atoms with van der Waals surface area (Å²) >= 11 is 0. The van der Waals surface area contributed by atoms with E-state index in [2.05, 4.69) is 0 Å². The summed E-state index contributed by atoms with van der Waals surface area (Å²) in [6.07, 6.45) is 0.0475. The van der Waals surface area contributed by atoms with Crippen LogP contribution in [0.15, 0.2) is 24.3 Å². The van der Waals surface area contributed by atoms with E-state index in [0.717, 1.165) is 0 Å². The van der Waals surface area contributed by atoms with E-state index in [1.165, 1.54) is 18.2 Å². The van der Waals surface area contributed by atoms with E-state index in [-0.39, 0.29) is 18.5 Å². The first-order chi connectivity index (χ1) is 10.1. The standard InChI is InChI=1S/C16H24FO4P/c1-6-20-15(18)12(2)11-22(19,16(3,4)5)21-14-9-7-8-13(17)10-14/h7-10,12H,6,11H2,1-5H3/t12-,22-/m1/s1. The third-order valence-corrected chi connectivity index (χ3v) is 6.85. The molecule has 124 valence electrons. The highest BCUT2D eigenvalue weighted by atomic mass is 31.2. The number of benzene rings is 1. The van der Waals surface area contributed by atoms with Crippen LogP contribution in [-0.2, 0) is 14.1 Å². The zero-order chi connectivity index (χ0) is 17.0. The van der Waals surface area contributed by atoms with Crippen LogP contribution in [0.3, 0.4) is 0 Å². The molecule has 0 spiro atoms. The predicted molar refractivity (Wildman–Crippen MR) is 85.1 cm³/mol. The number of carbonyl (C=O) groups excluding carboxylic acids is 1. The Morgan fingerprint density at radius 3 is 2.50 bits per heavy atom. The summed E-state index contributed by atoms with van der Waals surface area (Å²) in [7, 11) is -3.25. The van der Waals surface area contributed by atoms with E-state index in [4.69, 9.17) is 9.26 Å². The molecule has 6 heteroatoms. The molecule has 0 bridgehead atoms. The monoisotopic (exact) mass is 330 g/mol. The summed E-state index contributed by atoms with van der Waals surface area (Å²) in [6.45, 7) is 9.00. The lowest BCUT2D eigenvalue weighted by atomic mass is 10.2. The average Bonchev–Trinajstić information content (AvgIpc) is 2.37. The second kappa shape index (κ2) is 7.28. The molecule has 0 saturated heterocycles. The van der Waals surface area contributed by atoms with Gasteiger partial charge in [0, 0.05) is 17.4 Å². The predicted octanol–water partition coefficient (Wildman–Crippen LogP) is 4.48. The Balaban J connectivity index is 3.01. The summed E-state index contributed by atoms with van der Waals surface area (Å²) in [6, 6.07) is 5.52. The molecule has 0 aliphatic carbocycles. The van der Waals surface area contributed by atoms with Gasteiger partial charge in [0.2, 0.25) is 0 Å². The number of ether oxygens (including phenoxy) is 1. The van der Waals surface area contributed by atoms with Crippen molar-refractivity contribution < 1.29 is 23.0 Å². The second-order valence-electron chi connectivity index (χ2n) is 6.23. The SMILES string of the molecule is CCOC(=O)[C@H](C)C[P@@](=O)(Oc1cccc(F)c1)C(C)(C)C. The van der Waals surface area contributed by atoms with E-state index < -0.39 is 30.2 Å². The van der Waals surface area contributed by atoms with Gasteiger partial charge < -0.3 is 9.26 Å². The number of carbonyl (C=O) groups is 1. The van der Waals surface area contributed by atoms with E-state index in [1.54, 1.807) is 40.7 Å². The highest BCUT2D eigenvalue weighted by Crippen LogP contribution is 2.59. The molecule has 0 heterocycles. The van der Waals surface area contributed by atoms with Gasteiger partial charge in [-0.3, -0.25) is 9.36 Å². The van der Waals surface area contributed by atoms with E-state index >= 15 is 0 Å². The first kappa shape index (κ1) is 18.7. The maximum atomic E-state index is 13.3. The zero-order valence-corrected chi connectivity index (χ0v) is 14.7.